The SMILES string of the molecule is COC(=O)CCc1ccccc1C1(N)CC1. The maximum absolute atomic E-state index is 11.1. The molecule has 1 fully saturated rings. The van der Waals surface area contributed by atoms with E-state index in [0.29, 0.717) is 12.8 Å². The van der Waals surface area contributed by atoms with Crippen LogP contribution >= 0.6 is 0 Å². The zero-order valence-corrected chi connectivity index (χ0v) is 9.53. The van der Waals surface area contributed by atoms with Crippen LogP contribution in [0.25, 0.3) is 0 Å². The third-order valence-corrected chi connectivity index (χ3v) is 3.17. The van der Waals surface area contributed by atoms with Gasteiger partial charge in [-0.3, -0.25) is 4.79 Å². The van der Waals surface area contributed by atoms with E-state index in [2.05, 4.69) is 10.8 Å². The molecule has 0 heterocycles. The highest BCUT2D eigenvalue weighted by Crippen LogP contribution is 2.44. The molecule has 0 spiro atoms. The van der Waals surface area contributed by atoms with E-state index in [0.717, 1.165) is 12.8 Å². The fraction of sp³-hybridized carbons (Fsp3) is 0.462. The quantitative estimate of drug-likeness (QED) is 0.785. The number of methoxy groups -OCH3 is 1. The molecule has 0 aliphatic heterocycles. The van der Waals surface area contributed by atoms with Crippen LogP contribution in [0.4, 0.5) is 0 Å². The van der Waals surface area contributed by atoms with Crippen LogP contribution < -0.4 is 5.73 Å². The molecule has 0 bridgehead atoms. The molecule has 0 radical (unpaired) electrons. The van der Waals surface area contributed by atoms with Crippen LogP contribution in [0, 0.1) is 0 Å². The second kappa shape index (κ2) is 4.26. The Balaban J connectivity index is 2.11. The van der Waals surface area contributed by atoms with Crippen molar-refractivity contribution < 1.29 is 9.53 Å². The van der Waals surface area contributed by atoms with Gasteiger partial charge >= 0.3 is 5.97 Å². The molecule has 3 nitrogen and oxygen atoms in total. The minimum absolute atomic E-state index is 0.132. The minimum Gasteiger partial charge on any atom is -0.469 e. The van der Waals surface area contributed by atoms with E-state index in [1.165, 1.54) is 18.2 Å². The van der Waals surface area contributed by atoms with E-state index in [-0.39, 0.29) is 11.5 Å². The summed E-state index contributed by atoms with van der Waals surface area (Å²) in [5.41, 5.74) is 8.43. The largest absolute Gasteiger partial charge is 0.469 e. The van der Waals surface area contributed by atoms with Gasteiger partial charge in [-0.15, -0.1) is 0 Å². The fourth-order valence-electron chi connectivity index (χ4n) is 1.97. The predicted octanol–water partition coefficient (Wildman–Crippen LogP) is 1.74. The van der Waals surface area contributed by atoms with Crippen LogP contribution in [-0.2, 0) is 21.5 Å². The number of benzene rings is 1. The highest BCUT2D eigenvalue weighted by atomic mass is 16.5. The van der Waals surface area contributed by atoms with Gasteiger partial charge in [0.05, 0.1) is 7.11 Å². The van der Waals surface area contributed by atoms with Gasteiger partial charge in [0.1, 0.15) is 0 Å². The number of rotatable bonds is 4. The zero-order chi connectivity index (χ0) is 11.6. The number of hydrogen-bond donors (Lipinski definition) is 1. The minimum atomic E-state index is -0.170. The molecular weight excluding hydrogens is 202 g/mol. The molecule has 2 rings (SSSR count). The highest BCUT2D eigenvalue weighted by molar-refractivity contribution is 5.69. The lowest BCUT2D eigenvalue weighted by molar-refractivity contribution is -0.140. The molecule has 0 unspecified atom stereocenters. The summed E-state index contributed by atoms with van der Waals surface area (Å²) in [6, 6.07) is 8.11. The van der Waals surface area contributed by atoms with Crippen LogP contribution in [0.3, 0.4) is 0 Å². The second-order valence-corrected chi connectivity index (χ2v) is 4.39. The molecule has 0 aromatic heterocycles. The number of carbonyl (C=O) groups excluding carboxylic acids is 1. The smallest absolute Gasteiger partial charge is 0.305 e. The summed E-state index contributed by atoms with van der Waals surface area (Å²) in [6.45, 7) is 0. The summed E-state index contributed by atoms with van der Waals surface area (Å²) in [6.07, 6.45) is 3.22. The molecule has 1 saturated carbocycles. The van der Waals surface area contributed by atoms with Crippen LogP contribution in [0.15, 0.2) is 24.3 Å². The molecule has 86 valence electrons. The first-order valence-corrected chi connectivity index (χ1v) is 5.60. The number of ether oxygens (including phenoxy) is 1. The van der Waals surface area contributed by atoms with Gasteiger partial charge < -0.3 is 10.5 Å². The number of nitrogens with two attached hydrogens (primary N) is 1. The van der Waals surface area contributed by atoms with Gasteiger partial charge in [-0.2, -0.15) is 0 Å². The first-order chi connectivity index (χ1) is 7.65. The van der Waals surface area contributed by atoms with Crippen molar-refractivity contribution in [1.29, 1.82) is 0 Å². The Morgan fingerprint density at radius 3 is 2.75 bits per heavy atom. The zero-order valence-electron chi connectivity index (χ0n) is 9.53. The average molecular weight is 219 g/mol. The second-order valence-electron chi connectivity index (χ2n) is 4.39. The normalized spacial score (nSPS) is 16.9. The third kappa shape index (κ3) is 2.25. The molecule has 0 atom stereocenters. The molecule has 2 N–H and O–H groups in total. The van der Waals surface area contributed by atoms with Crippen LogP contribution in [0.2, 0.25) is 0 Å². The van der Waals surface area contributed by atoms with Gasteiger partial charge in [0.2, 0.25) is 0 Å². The molecule has 1 aliphatic carbocycles. The van der Waals surface area contributed by atoms with Crippen molar-refractivity contribution in [1.82, 2.24) is 0 Å². The summed E-state index contributed by atoms with van der Waals surface area (Å²) in [5, 5.41) is 0. The first-order valence-electron chi connectivity index (χ1n) is 5.60. The molecule has 1 aromatic rings. The van der Waals surface area contributed by atoms with Crippen molar-refractivity contribution in [3.63, 3.8) is 0 Å². The molecule has 16 heavy (non-hydrogen) atoms. The summed E-state index contributed by atoms with van der Waals surface area (Å²) < 4.78 is 4.64. The topological polar surface area (TPSA) is 52.3 Å². The Kier molecular flexibility index (Phi) is 2.97. The van der Waals surface area contributed by atoms with Gasteiger partial charge in [0, 0.05) is 12.0 Å². The van der Waals surface area contributed by atoms with Crippen molar-refractivity contribution in [2.24, 2.45) is 5.73 Å². The fourth-order valence-corrected chi connectivity index (χ4v) is 1.97. The van der Waals surface area contributed by atoms with E-state index >= 15 is 0 Å². The Morgan fingerprint density at radius 1 is 1.44 bits per heavy atom. The van der Waals surface area contributed by atoms with Gasteiger partial charge in [-0.25, -0.2) is 0 Å². The first kappa shape index (κ1) is 11.1. The standard InChI is InChI=1S/C13H17NO2/c1-16-12(15)7-6-10-4-2-3-5-11(10)13(14)8-9-13/h2-5H,6-9,14H2,1H3. The lowest BCUT2D eigenvalue weighted by Crippen LogP contribution is -2.21. The summed E-state index contributed by atoms with van der Waals surface area (Å²) in [7, 11) is 1.42. The van der Waals surface area contributed by atoms with Crippen molar-refractivity contribution in [3.8, 4) is 0 Å². The van der Waals surface area contributed by atoms with Gasteiger partial charge in [-0.05, 0) is 30.4 Å². The maximum Gasteiger partial charge on any atom is 0.305 e. The number of hydrogen-bond acceptors (Lipinski definition) is 3. The van der Waals surface area contributed by atoms with E-state index in [9.17, 15) is 4.79 Å². The summed E-state index contributed by atoms with van der Waals surface area (Å²) in [4.78, 5) is 11.1. The number of carbonyl (C=O) groups is 1. The van der Waals surface area contributed by atoms with Crippen LogP contribution in [0.5, 0.6) is 0 Å². The van der Waals surface area contributed by atoms with Crippen LogP contribution in [0.1, 0.15) is 30.4 Å². The maximum atomic E-state index is 11.1. The van der Waals surface area contributed by atoms with Crippen molar-refractivity contribution in [2.75, 3.05) is 7.11 Å². The lowest BCUT2D eigenvalue weighted by Gasteiger charge is -2.14. The van der Waals surface area contributed by atoms with Crippen molar-refractivity contribution in [2.45, 2.75) is 31.2 Å². The summed E-state index contributed by atoms with van der Waals surface area (Å²) >= 11 is 0. The summed E-state index contributed by atoms with van der Waals surface area (Å²) in [5.74, 6) is -0.170. The van der Waals surface area contributed by atoms with Crippen molar-refractivity contribution in [3.05, 3.63) is 35.4 Å². The lowest BCUT2D eigenvalue weighted by atomic mass is 9.96. The van der Waals surface area contributed by atoms with Gasteiger partial charge in [-0.1, -0.05) is 24.3 Å². The molecule has 3 heteroatoms. The van der Waals surface area contributed by atoms with Crippen LogP contribution in [-0.4, -0.2) is 13.1 Å². The van der Waals surface area contributed by atoms with Gasteiger partial charge in [0.15, 0.2) is 0 Å². The molecule has 0 saturated heterocycles. The number of esters is 1. The highest BCUT2D eigenvalue weighted by Gasteiger charge is 2.41. The molecular formula is C13H17NO2. The van der Waals surface area contributed by atoms with E-state index in [1.807, 2.05) is 18.2 Å². The predicted molar refractivity (Wildman–Crippen MR) is 61.9 cm³/mol. The molecule has 0 amide bonds. The van der Waals surface area contributed by atoms with Crippen molar-refractivity contribution >= 4 is 5.97 Å². The average Bonchev–Trinajstić information content (AvgIpc) is 3.06. The Hall–Kier alpha value is -1.35. The molecule has 1 aliphatic rings. The molecule has 1 aromatic carbocycles. The van der Waals surface area contributed by atoms with Gasteiger partial charge in [0.25, 0.3) is 0 Å². The Bertz CT molecular complexity index is 397. The number of aryl methyl sites for hydroxylation is 1. The van der Waals surface area contributed by atoms with E-state index in [4.69, 9.17) is 5.73 Å². The monoisotopic (exact) mass is 219 g/mol. The Morgan fingerprint density at radius 2 is 2.12 bits per heavy atom. The van der Waals surface area contributed by atoms with E-state index < -0.39 is 0 Å². The Labute approximate surface area is 95.6 Å². The third-order valence-electron chi connectivity index (χ3n) is 3.17. The van der Waals surface area contributed by atoms with E-state index in [1.54, 1.807) is 0 Å².